The van der Waals surface area contributed by atoms with E-state index in [1.54, 1.807) is 12.0 Å². The Kier molecular flexibility index (Phi) is 4.22. The van der Waals surface area contributed by atoms with Crippen LogP contribution >= 0.6 is 0 Å². The molecule has 1 aromatic carbocycles. The molecular formula is C15H22N2O2. The Morgan fingerprint density at radius 3 is 2.58 bits per heavy atom. The topological polar surface area (TPSA) is 55.6 Å². The van der Waals surface area contributed by atoms with E-state index < -0.39 is 0 Å². The average Bonchev–Trinajstić information content (AvgIpc) is 3.20. The summed E-state index contributed by atoms with van der Waals surface area (Å²) >= 11 is 0. The molecule has 1 fully saturated rings. The van der Waals surface area contributed by atoms with Crippen LogP contribution in [-0.2, 0) is 14.9 Å². The normalized spacial score (nSPS) is 17.8. The van der Waals surface area contributed by atoms with Crippen molar-refractivity contribution < 1.29 is 9.53 Å². The predicted molar refractivity (Wildman–Crippen MR) is 74.8 cm³/mol. The number of amides is 1. The molecule has 1 aliphatic rings. The van der Waals surface area contributed by atoms with Crippen molar-refractivity contribution in [3.05, 3.63) is 35.9 Å². The molecule has 0 aliphatic heterocycles. The molecule has 2 rings (SSSR count). The van der Waals surface area contributed by atoms with Gasteiger partial charge in [0, 0.05) is 26.7 Å². The molecule has 19 heavy (non-hydrogen) atoms. The summed E-state index contributed by atoms with van der Waals surface area (Å²) in [6, 6.07) is 9.88. The first kappa shape index (κ1) is 14.0. The first-order valence-electron chi connectivity index (χ1n) is 6.66. The van der Waals surface area contributed by atoms with Gasteiger partial charge in [0.25, 0.3) is 0 Å². The second-order valence-corrected chi connectivity index (χ2v) is 5.35. The van der Waals surface area contributed by atoms with E-state index in [0.29, 0.717) is 13.2 Å². The molecule has 0 radical (unpaired) electrons. The molecule has 4 nitrogen and oxygen atoms in total. The van der Waals surface area contributed by atoms with Gasteiger partial charge in [-0.15, -0.1) is 0 Å². The monoisotopic (exact) mass is 262 g/mol. The van der Waals surface area contributed by atoms with Crippen molar-refractivity contribution in [1.29, 1.82) is 0 Å². The van der Waals surface area contributed by atoms with Crippen LogP contribution in [0, 0.1) is 0 Å². The lowest BCUT2D eigenvalue weighted by atomic mass is 9.94. The van der Waals surface area contributed by atoms with Gasteiger partial charge in [0.15, 0.2) is 0 Å². The number of nitrogens with zero attached hydrogens (tertiary/aromatic N) is 1. The number of methoxy groups -OCH3 is 1. The fourth-order valence-corrected chi connectivity index (χ4v) is 2.58. The van der Waals surface area contributed by atoms with Crippen molar-refractivity contribution in [1.82, 2.24) is 4.90 Å². The molecule has 104 valence electrons. The number of rotatable bonds is 6. The van der Waals surface area contributed by atoms with Gasteiger partial charge in [0.05, 0.1) is 12.0 Å². The number of carbonyl (C=O) groups excluding carboxylic acids is 1. The summed E-state index contributed by atoms with van der Waals surface area (Å²) in [5.74, 6) is 0.172. The Balaban J connectivity index is 2.03. The Bertz CT molecular complexity index is 429. The van der Waals surface area contributed by atoms with E-state index in [-0.39, 0.29) is 17.4 Å². The maximum absolute atomic E-state index is 12.6. The molecule has 0 spiro atoms. The van der Waals surface area contributed by atoms with Gasteiger partial charge >= 0.3 is 0 Å². The van der Waals surface area contributed by atoms with E-state index in [0.717, 1.165) is 18.4 Å². The second-order valence-electron chi connectivity index (χ2n) is 5.35. The van der Waals surface area contributed by atoms with Gasteiger partial charge in [-0.2, -0.15) is 0 Å². The van der Waals surface area contributed by atoms with Crippen LogP contribution in [0.5, 0.6) is 0 Å². The second kappa shape index (κ2) is 5.72. The lowest BCUT2D eigenvalue weighted by Gasteiger charge is -2.26. The van der Waals surface area contributed by atoms with Crippen LogP contribution < -0.4 is 5.73 Å². The molecule has 1 aromatic rings. The van der Waals surface area contributed by atoms with Gasteiger partial charge in [0.1, 0.15) is 0 Å². The third-order valence-electron chi connectivity index (χ3n) is 3.72. The molecule has 0 bridgehead atoms. The molecule has 1 saturated carbocycles. The number of carbonyl (C=O) groups is 1. The SMILES string of the molecule is COCC(N)CN(C)C(=O)C1(c2ccccc2)CC1. The van der Waals surface area contributed by atoms with E-state index in [1.807, 2.05) is 37.4 Å². The highest BCUT2D eigenvalue weighted by molar-refractivity contribution is 5.91. The fraction of sp³-hybridized carbons (Fsp3) is 0.533. The molecule has 1 unspecified atom stereocenters. The van der Waals surface area contributed by atoms with Crippen LogP contribution in [0.4, 0.5) is 0 Å². The molecule has 1 aliphatic carbocycles. The maximum Gasteiger partial charge on any atom is 0.233 e. The molecule has 0 aromatic heterocycles. The number of hydrogen-bond acceptors (Lipinski definition) is 3. The van der Waals surface area contributed by atoms with E-state index >= 15 is 0 Å². The number of ether oxygens (including phenoxy) is 1. The van der Waals surface area contributed by atoms with Gasteiger partial charge in [-0.25, -0.2) is 0 Å². The zero-order valence-electron chi connectivity index (χ0n) is 11.6. The molecule has 1 atom stereocenters. The highest BCUT2D eigenvalue weighted by Gasteiger charge is 2.52. The quantitative estimate of drug-likeness (QED) is 0.836. The van der Waals surface area contributed by atoms with Crippen molar-refractivity contribution in [2.24, 2.45) is 5.73 Å². The number of nitrogens with two attached hydrogens (primary N) is 1. The van der Waals surface area contributed by atoms with Crippen LogP contribution in [0.25, 0.3) is 0 Å². The van der Waals surface area contributed by atoms with E-state index in [2.05, 4.69) is 0 Å². The summed E-state index contributed by atoms with van der Waals surface area (Å²) in [5, 5.41) is 0. The maximum atomic E-state index is 12.6. The van der Waals surface area contributed by atoms with Crippen LogP contribution in [0.15, 0.2) is 30.3 Å². The lowest BCUT2D eigenvalue weighted by Crippen LogP contribution is -2.45. The number of benzene rings is 1. The van der Waals surface area contributed by atoms with Crippen molar-refractivity contribution in [2.75, 3.05) is 27.3 Å². The predicted octanol–water partition coefficient (Wildman–Crippen LogP) is 1.15. The van der Waals surface area contributed by atoms with Crippen molar-refractivity contribution in [3.63, 3.8) is 0 Å². The van der Waals surface area contributed by atoms with Gasteiger partial charge in [-0.3, -0.25) is 4.79 Å². The minimum atomic E-state index is -0.303. The van der Waals surface area contributed by atoms with E-state index in [9.17, 15) is 4.79 Å². The third-order valence-corrected chi connectivity index (χ3v) is 3.72. The average molecular weight is 262 g/mol. The Hall–Kier alpha value is -1.39. The fourth-order valence-electron chi connectivity index (χ4n) is 2.58. The van der Waals surface area contributed by atoms with Gasteiger partial charge < -0.3 is 15.4 Å². The van der Waals surface area contributed by atoms with Crippen molar-refractivity contribution in [3.8, 4) is 0 Å². The Labute approximate surface area is 114 Å². The van der Waals surface area contributed by atoms with Crippen molar-refractivity contribution >= 4 is 5.91 Å². The first-order chi connectivity index (χ1) is 9.10. The molecule has 1 amide bonds. The highest BCUT2D eigenvalue weighted by Crippen LogP contribution is 2.49. The van der Waals surface area contributed by atoms with Crippen LogP contribution in [-0.4, -0.2) is 44.2 Å². The summed E-state index contributed by atoms with van der Waals surface area (Å²) in [5.41, 5.74) is 6.72. The zero-order chi connectivity index (χ0) is 13.9. The Morgan fingerprint density at radius 2 is 2.05 bits per heavy atom. The molecule has 2 N–H and O–H groups in total. The molecular weight excluding hydrogens is 240 g/mol. The smallest absolute Gasteiger partial charge is 0.233 e. The summed E-state index contributed by atoms with van der Waals surface area (Å²) in [7, 11) is 3.44. The van der Waals surface area contributed by atoms with E-state index in [4.69, 9.17) is 10.5 Å². The Morgan fingerprint density at radius 1 is 1.42 bits per heavy atom. The van der Waals surface area contributed by atoms with Gasteiger partial charge in [0.2, 0.25) is 5.91 Å². The minimum Gasteiger partial charge on any atom is -0.383 e. The largest absolute Gasteiger partial charge is 0.383 e. The van der Waals surface area contributed by atoms with Crippen LogP contribution in [0.3, 0.4) is 0 Å². The minimum absolute atomic E-state index is 0.134. The number of likely N-dealkylation sites (N-methyl/N-ethyl adjacent to an activating group) is 1. The first-order valence-corrected chi connectivity index (χ1v) is 6.66. The summed E-state index contributed by atoms with van der Waals surface area (Å²) in [6.07, 6.45) is 1.86. The van der Waals surface area contributed by atoms with Gasteiger partial charge in [-0.1, -0.05) is 30.3 Å². The standard InChI is InChI=1S/C15H22N2O2/c1-17(10-13(16)11-19-2)14(18)15(8-9-15)12-6-4-3-5-7-12/h3-7,13H,8-11,16H2,1-2H3. The summed E-state index contributed by atoms with van der Waals surface area (Å²) in [4.78, 5) is 14.3. The van der Waals surface area contributed by atoms with Crippen LogP contribution in [0.1, 0.15) is 18.4 Å². The summed E-state index contributed by atoms with van der Waals surface area (Å²) in [6.45, 7) is 0.997. The molecule has 0 saturated heterocycles. The zero-order valence-corrected chi connectivity index (χ0v) is 11.6. The van der Waals surface area contributed by atoms with Crippen molar-refractivity contribution in [2.45, 2.75) is 24.3 Å². The molecule has 4 heteroatoms. The molecule has 0 heterocycles. The van der Waals surface area contributed by atoms with E-state index in [1.165, 1.54) is 0 Å². The summed E-state index contributed by atoms with van der Waals surface area (Å²) < 4.78 is 5.01. The highest BCUT2D eigenvalue weighted by atomic mass is 16.5. The third kappa shape index (κ3) is 2.96. The number of hydrogen-bond donors (Lipinski definition) is 1. The van der Waals surface area contributed by atoms with Gasteiger partial charge in [-0.05, 0) is 18.4 Å². The van der Waals surface area contributed by atoms with Crippen LogP contribution in [0.2, 0.25) is 0 Å². The lowest BCUT2D eigenvalue weighted by molar-refractivity contribution is -0.133.